The maximum atomic E-state index is 12.5. The van der Waals surface area contributed by atoms with E-state index in [0.717, 1.165) is 0 Å². The Morgan fingerprint density at radius 3 is 2.09 bits per heavy atom. The molecule has 0 aliphatic rings. The van der Waals surface area contributed by atoms with Crippen molar-refractivity contribution in [3.8, 4) is 17.2 Å². The Morgan fingerprint density at radius 1 is 1.26 bits per heavy atom. The molecule has 2 N–H and O–H groups in total. The van der Waals surface area contributed by atoms with Crippen molar-refractivity contribution in [2.75, 3.05) is 27.8 Å². The molecule has 1 amide bonds. The van der Waals surface area contributed by atoms with Crippen LogP contribution in [0.15, 0.2) is 12.1 Å². The number of rotatable bonds is 7. The van der Waals surface area contributed by atoms with Crippen molar-refractivity contribution < 1.29 is 27.8 Å². The lowest BCUT2D eigenvalue weighted by atomic mass is 10.1. The molecule has 132 valence electrons. The molecule has 0 saturated heterocycles. The molecule has 6 nitrogen and oxygen atoms in total. The lowest BCUT2D eigenvalue weighted by molar-refractivity contribution is -0.0526. The van der Waals surface area contributed by atoms with Crippen LogP contribution in [-0.4, -0.2) is 51.3 Å². The van der Waals surface area contributed by atoms with Crippen molar-refractivity contribution in [3.63, 3.8) is 0 Å². The number of benzene rings is 1. The van der Waals surface area contributed by atoms with Gasteiger partial charge < -0.3 is 24.8 Å². The van der Waals surface area contributed by atoms with Gasteiger partial charge in [-0.3, -0.25) is 4.79 Å². The van der Waals surface area contributed by atoms with Gasteiger partial charge in [0.15, 0.2) is 11.5 Å². The van der Waals surface area contributed by atoms with Crippen LogP contribution in [0, 0.1) is 0 Å². The van der Waals surface area contributed by atoms with Crippen molar-refractivity contribution >= 4 is 18.3 Å². The molecule has 1 aromatic carbocycles. The summed E-state index contributed by atoms with van der Waals surface area (Å²) in [5.41, 5.74) is 5.75. The summed E-state index contributed by atoms with van der Waals surface area (Å²) in [6.45, 7) is -0.951. The van der Waals surface area contributed by atoms with E-state index in [4.69, 9.17) is 15.2 Å². The SMILES string of the molecule is COc1cc(C(=O)N(C)C(C)CN)cc(OC)c1OC(F)F.Cl. The molecule has 0 heterocycles. The van der Waals surface area contributed by atoms with Crippen molar-refractivity contribution in [3.05, 3.63) is 17.7 Å². The number of ether oxygens (including phenoxy) is 3. The third-order valence-corrected chi connectivity index (χ3v) is 3.24. The van der Waals surface area contributed by atoms with E-state index in [1.807, 2.05) is 0 Å². The first-order chi connectivity index (χ1) is 10.3. The number of nitrogens with zero attached hydrogens (tertiary/aromatic N) is 1. The van der Waals surface area contributed by atoms with Gasteiger partial charge in [0.05, 0.1) is 14.2 Å². The summed E-state index contributed by atoms with van der Waals surface area (Å²) in [5.74, 6) is -0.627. The molecule has 1 rings (SSSR count). The standard InChI is InChI=1S/C14H20F2N2O4.ClH/c1-8(7-17)18(2)13(19)9-5-10(20-3)12(22-14(15)16)11(6-9)21-4;/h5-6,8,14H,7,17H2,1-4H3;1H. The number of halogens is 3. The van der Waals surface area contributed by atoms with E-state index in [0.29, 0.717) is 6.54 Å². The van der Waals surface area contributed by atoms with Gasteiger partial charge in [-0.05, 0) is 19.1 Å². The third kappa shape index (κ3) is 5.11. The normalized spacial score (nSPS) is 11.5. The molecule has 1 unspecified atom stereocenters. The number of hydrogen-bond donors (Lipinski definition) is 1. The Labute approximate surface area is 139 Å². The van der Waals surface area contributed by atoms with Crippen LogP contribution in [0.3, 0.4) is 0 Å². The molecule has 0 aliphatic carbocycles. The molecular formula is C14H21ClF2N2O4. The minimum absolute atomic E-state index is 0. The zero-order chi connectivity index (χ0) is 16.9. The van der Waals surface area contributed by atoms with Gasteiger partial charge in [-0.2, -0.15) is 8.78 Å². The Bertz CT molecular complexity index is 506. The minimum atomic E-state index is -3.04. The highest BCUT2D eigenvalue weighted by Crippen LogP contribution is 2.39. The first kappa shape index (κ1) is 21.2. The van der Waals surface area contributed by atoms with Crippen molar-refractivity contribution in [2.24, 2.45) is 5.73 Å². The minimum Gasteiger partial charge on any atom is -0.493 e. The number of carbonyl (C=O) groups excluding carboxylic acids is 1. The predicted octanol–water partition coefficient (Wildman–Crippen LogP) is 2.15. The van der Waals surface area contributed by atoms with Crippen LogP contribution in [0.5, 0.6) is 17.2 Å². The number of amides is 1. The molecule has 0 aromatic heterocycles. The summed E-state index contributed by atoms with van der Waals surface area (Å²) >= 11 is 0. The number of nitrogens with two attached hydrogens (primary N) is 1. The van der Waals surface area contributed by atoms with Gasteiger partial charge in [0, 0.05) is 25.2 Å². The van der Waals surface area contributed by atoms with Gasteiger partial charge in [-0.25, -0.2) is 0 Å². The average molecular weight is 355 g/mol. The summed E-state index contributed by atoms with van der Waals surface area (Å²) in [6, 6.07) is 2.46. The second-order valence-electron chi connectivity index (χ2n) is 4.59. The van der Waals surface area contributed by atoms with Crippen LogP contribution >= 0.6 is 12.4 Å². The third-order valence-electron chi connectivity index (χ3n) is 3.24. The fourth-order valence-corrected chi connectivity index (χ4v) is 1.77. The maximum Gasteiger partial charge on any atom is 0.387 e. The Kier molecular flexibility index (Phi) is 8.63. The van der Waals surface area contributed by atoms with Gasteiger partial charge in [-0.15, -0.1) is 12.4 Å². The molecule has 9 heteroatoms. The maximum absolute atomic E-state index is 12.5. The molecule has 1 atom stereocenters. The van der Waals surface area contributed by atoms with Gasteiger partial charge in [0.2, 0.25) is 5.75 Å². The molecular weight excluding hydrogens is 334 g/mol. The van der Waals surface area contributed by atoms with Gasteiger partial charge in [0.1, 0.15) is 0 Å². The number of alkyl halides is 2. The van der Waals surface area contributed by atoms with Crippen LogP contribution in [0.4, 0.5) is 8.78 Å². The highest BCUT2D eigenvalue weighted by atomic mass is 35.5. The van der Waals surface area contributed by atoms with Gasteiger partial charge in [0.25, 0.3) is 5.91 Å². The average Bonchev–Trinajstić information content (AvgIpc) is 2.52. The highest BCUT2D eigenvalue weighted by Gasteiger charge is 2.23. The zero-order valence-corrected chi connectivity index (χ0v) is 14.2. The van der Waals surface area contributed by atoms with E-state index in [9.17, 15) is 13.6 Å². The smallest absolute Gasteiger partial charge is 0.387 e. The second-order valence-corrected chi connectivity index (χ2v) is 4.59. The van der Waals surface area contributed by atoms with E-state index < -0.39 is 6.61 Å². The fourth-order valence-electron chi connectivity index (χ4n) is 1.77. The largest absolute Gasteiger partial charge is 0.493 e. The summed E-state index contributed by atoms with van der Waals surface area (Å²) in [4.78, 5) is 13.8. The van der Waals surface area contributed by atoms with Crippen LogP contribution < -0.4 is 19.9 Å². The Hall–Kier alpha value is -1.80. The first-order valence-electron chi connectivity index (χ1n) is 6.53. The van der Waals surface area contributed by atoms with Crippen LogP contribution in [0.2, 0.25) is 0 Å². The van der Waals surface area contributed by atoms with Crippen molar-refractivity contribution in [1.82, 2.24) is 4.90 Å². The number of carbonyl (C=O) groups is 1. The molecule has 1 aromatic rings. The lowest BCUT2D eigenvalue weighted by Crippen LogP contribution is -2.39. The summed E-state index contributed by atoms with van der Waals surface area (Å²) < 4.78 is 39.4. The predicted molar refractivity (Wildman–Crippen MR) is 84.0 cm³/mol. The molecule has 23 heavy (non-hydrogen) atoms. The summed E-state index contributed by atoms with van der Waals surface area (Å²) in [5, 5.41) is 0. The van der Waals surface area contributed by atoms with Crippen LogP contribution in [0.1, 0.15) is 17.3 Å². The van der Waals surface area contributed by atoms with E-state index >= 15 is 0 Å². The number of hydrogen-bond acceptors (Lipinski definition) is 5. The van der Waals surface area contributed by atoms with Crippen LogP contribution in [-0.2, 0) is 0 Å². The fraction of sp³-hybridized carbons (Fsp3) is 0.500. The lowest BCUT2D eigenvalue weighted by Gasteiger charge is -2.24. The first-order valence-corrected chi connectivity index (χ1v) is 6.53. The number of methoxy groups -OCH3 is 2. The second kappa shape index (κ2) is 9.36. The topological polar surface area (TPSA) is 74.0 Å². The molecule has 0 bridgehead atoms. The van der Waals surface area contributed by atoms with E-state index in [-0.39, 0.29) is 47.2 Å². The number of likely N-dealkylation sites (N-methyl/N-ethyl adjacent to an activating group) is 1. The molecule has 0 saturated carbocycles. The molecule has 0 spiro atoms. The Balaban J connectivity index is 0.00000484. The van der Waals surface area contributed by atoms with Crippen LogP contribution in [0.25, 0.3) is 0 Å². The van der Waals surface area contributed by atoms with Gasteiger partial charge >= 0.3 is 6.61 Å². The summed E-state index contributed by atoms with van der Waals surface area (Å²) in [6.07, 6.45) is 0. The summed E-state index contributed by atoms with van der Waals surface area (Å²) in [7, 11) is 4.17. The van der Waals surface area contributed by atoms with E-state index in [2.05, 4.69) is 4.74 Å². The monoisotopic (exact) mass is 354 g/mol. The zero-order valence-electron chi connectivity index (χ0n) is 13.3. The Morgan fingerprint density at radius 2 is 1.74 bits per heavy atom. The quantitative estimate of drug-likeness (QED) is 0.812. The molecule has 0 fully saturated rings. The van der Waals surface area contributed by atoms with Crippen molar-refractivity contribution in [1.29, 1.82) is 0 Å². The van der Waals surface area contributed by atoms with Gasteiger partial charge in [-0.1, -0.05) is 0 Å². The van der Waals surface area contributed by atoms with Crippen molar-refractivity contribution in [2.45, 2.75) is 19.6 Å². The van der Waals surface area contributed by atoms with E-state index in [1.54, 1.807) is 14.0 Å². The van der Waals surface area contributed by atoms with E-state index in [1.165, 1.54) is 31.3 Å². The molecule has 0 aliphatic heterocycles. The highest BCUT2D eigenvalue weighted by molar-refractivity contribution is 5.95. The molecule has 0 radical (unpaired) electrons.